The van der Waals surface area contributed by atoms with Gasteiger partial charge in [0.05, 0.1) is 6.42 Å². The highest BCUT2D eigenvalue weighted by Gasteiger charge is 2.26. The Balaban J connectivity index is 2.27. The van der Waals surface area contributed by atoms with Crippen LogP contribution in [0.25, 0.3) is 16.0 Å². The lowest BCUT2D eigenvalue weighted by Crippen LogP contribution is -2.44. The van der Waals surface area contributed by atoms with Gasteiger partial charge < -0.3 is 10.6 Å². The Labute approximate surface area is 133 Å². The van der Waals surface area contributed by atoms with Crippen molar-refractivity contribution in [3.05, 3.63) is 58.6 Å². The fraction of sp³-hybridized carbons (Fsp3) is 0.250. The van der Waals surface area contributed by atoms with E-state index in [9.17, 15) is 9.59 Å². The van der Waals surface area contributed by atoms with E-state index >= 15 is 0 Å². The number of nitrogens with zero attached hydrogens (tertiary/aromatic N) is 4. The van der Waals surface area contributed by atoms with Crippen molar-refractivity contribution >= 4 is 23.1 Å². The van der Waals surface area contributed by atoms with E-state index in [4.69, 9.17) is 11.3 Å². The molecule has 1 unspecified atom stereocenters. The summed E-state index contributed by atoms with van der Waals surface area (Å²) in [7, 11) is 0. The number of allylic oxidation sites excluding steroid dienone is 2. The molecule has 1 heterocycles. The fourth-order valence-electron chi connectivity index (χ4n) is 2.48. The summed E-state index contributed by atoms with van der Waals surface area (Å²) in [5.74, 6) is -0.732. The molecule has 0 saturated heterocycles. The van der Waals surface area contributed by atoms with Crippen molar-refractivity contribution in [3.63, 3.8) is 0 Å². The van der Waals surface area contributed by atoms with E-state index in [1.165, 1.54) is 4.90 Å². The Hall–Kier alpha value is -3.05. The van der Waals surface area contributed by atoms with Crippen LogP contribution in [0.15, 0.2) is 47.7 Å². The van der Waals surface area contributed by atoms with Gasteiger partial charge in [-0.25, -0.2) is 0 Å². The largest absolute Gasteiger partial charge is 0.368 e. The number of azide groups is 1. The predicted octanol–water partition coefficient (Wildman–Crippen LogP) is 3.02. The third kappa shape index (κ3) is 3.78. The second-order valence-corrected chi connectivity index (χ2v) is 5.08. The maximum absolute atomic E-state index is 12.5. The lowest BCUT2D eigenvalue weighted by Gasteiger charge is -2.25. The van der Waals surface area contributed by atoms with Gasteiger partial charge in [-0.3, -0.25) is 9.59 Å². The summed E-state index contributed by atoms with van der Waals surface area (Å²) in [6.45, 7) is 1.80. The van der Waals surface area contributed by atoms with Crippen molar-refractivity contribution in [1.82, 2.24) is 4.90 Å². The molecule has 1 aromatic carbocycles. The van der Waals surface area contributed by atoms with Crippen molar-refractivity contribution in [2.75, 3.05) is 0 Å². The number of rotatable bonds is 5. The Morgan fingerprint density at radius 1 is 1.52 bits per heavy atom. The van der Waals surface area contributed by atoms with Crippen LogP contribution in [0.4, 0.5) is 5.69 Å². The number of primary amides is 1. The van der Waals surface area contributed by atoms with Crippen LogP contribution in [0.1, 0.15) is 25.3 Å². The highest BCUT2D eigenvalue weighted by Crippen LogP contribution is 2.26. The molecule has 0 aromatic heterocycles. The molecular formula is C16H17N5O2. The summed E-state index contributed by atoms with van der Waals surface area (Å²) in [6, 6.07) is 6.35. The molecule has 7 heteroatoms. The Bertz CT molecular complexity index is 732. The van der Waals surface area contributed by atoms with E-state index in [0.29, 0.717) is 12.1 Å². The second kappa shape index (κ2) is 7.29. The number of carbonyl (C=O) groups excluding carboxylic acids is 2. The standard InChI is InChI=1S/C16H17N5O2/c1-2-14(16(17)23)21-8-4-6-12(10-15(21)22)11-5-3-7-13(9-11)19-20-18/h3-9,14H,2,10H2,1H3,(H2,17,23). The lowest BCUT2D eigenvalue weighted by atomic mass is 10.0. The number of carbonyl (C=O) groups is 2. The van der Waals surface area contributed by atoms with Gasteiger partial charge in [-0.2, -0.15) is 0 Å². The van der Waals surface area contributed by atoms with Crippen molar-refractivity contribution in [2.45, 2.75) is 25.8 Å². The smallest absolute Gasteiger partial charge is 0.240 e. The van der Waals surface area contributed by atoms with Gasteiger partial charge in [0, 0.05) is 16.8 Å². The predicted molar refractivity (Wildman–Crippen MR) is 87.1 cm³/mol. The molecule has 7 nitrogen and oxygen atoms in total. The van der Waals surface area contributed by atoms with Gasteiger partial charge in [0.25, 0.3) is 0 Å². The summed E-state index contributed by atoms with van der Waals surface area (Å²) < 4.78 is 0. The maximum Gasteiger partial charge on any atom is 0.240 e. The molecule has 0 spiro atoms. The quantitative estimate of drug-likeness (QED) is 0.512. The zero-order valence-electron chi connectivity index (χ0n) is 12.7. The molecule has 1 aliphatic heterocycles. The minimum atomic E-state index is -0.652. The number of nitrogens with two attached hydrogens (primary N) is 1. The Kier molecular flexibility index (Phi) is 5.17. The van der Waals surface area contributed by atoms with Crippen molar-refractivity contribution < 1.29 is 9.59 Å². The monoisotopic (exact) mass is 311 g/mol. The average molecular weight is 311 g/mol. The first-order chi connectivity index (χ1) is 11.1. The molecular weight excluding hydrogens is 294 g/mol. The molecule has 0 saturated carbocycles. The van der Waals surface area contributed by atoms with Gasteiger partial charge in [-0.05, 0) is 35.2 Å². The lowest BCUT2D eigenvalue weighted by molar-refractivity contribution is -0.135. The first-order valence-electron chi connectivity index (χ1n) is 7.20. The fourth-order valence-corrected chi connectivity index (χ4v) is 2.48. The third-order valence-corrected chi connectivity index (χ3v) is 3.60. The third-order valence-electron chi connectivity index (χ3n) is 3.60. The van der Waals surface area contributed by atoms with E-state index in [-0.39, 0.29) is 12.3 Å². The summed E-state index contributed by atoms with van der Waals surface area (Å²) in [5, 5.41) is 3.56. The van der Waals surface area contributed by atoms with Gasteiger partial charge in [0.15, 0.2) is 0 Å². The molecule has 1 aliphatic rings. The SMILES string of the molecule is CCC(C(N)=O)N1C=CC=C(c2cccc(N=[N+]=[N-])c2)CC1=O. The zero-order chi connectivity index (χ0) is 16.8. The molecule has 2 amide bonds. The highest BCUT2D eigenvalue weighted by molar-refractivity contribution is 5.94. The highest BCUT2D eigenvalue weighted by atomic mass is 16.2. The topological polar surface area (TPSA) is 112 Å². The van der Waals surface area contributed by atoms with Gasteiger partial charge in [-0.15, -0.1) is 0 Å². The Morgan fingerprint density at radius 2 is 2.30 bits per heavy atom. The van der Waals surface area contributed by atoms with Crippen LogP contribution in [0.5, 0.6) is 0 Å². The molecule has 2 rings (SSSR count). The molecule has 0 bridgehead atoms. The van der Waals surface area contributed by atoms with E-state index in [0.717, 1.165) is 11.1 Å². The molecule has 1 atom stereocenters. The maximum atomic E-state index is 12.5. The minimum Gasteiger partial charge on any atom is -0.368 e. The van der Waals surface area contributed by atoms with Crippen molar-refractivity contribution in [2.24, 2.45) is 10.8 Å². The van der Waals surface area contributed by atoms with E-state index < -0.39 is 11.9 Å². The van der Waals surface area contributed by atoms with Crippen LogP contribution in [-0.4, -0.2) is 22.8 Å². The molecule has 118 valence electrons. The van der Waals surface area contributed by atoms with Crippen LogP contribution < -0.4 is 5.73 Å². The molecule has 1 aromatic rings. The number of hydrogen-bond acceptors (Lipinski definition) is 3. The summed E-state index contributed by atoms with van der Waals surface area (Å²) in [4.78, 5) is 28.1. The van der Waals surface area contributed by atoms with E-state index in [2.05, 4.69) is 10.0 Å². The number of benzene rings is 1. The molecule has 23 heavy (non-hydrogen) atoms. The normalized spacial score (nSPS) is 15.4. The van der Waals surface area contributed by atoms with Gasteiger partial charge >= 0.3 is 0 Å². The first kappa shape index (κ1) is 16.3. The average Bonchev–Trinajstić information content (AvgIpc) is 2.71. The van der Waals surface area contributed by atoms with E-state index in [1.54, 1.807) is 43.5 Å². The van der Waals surface area contributed by atoms with Crippen molar-refractivity contribution in [3.8, 4) is 0 Å². The summed E-state index contributed by atoms with van der Waals surface area (Å²) in [6.07, 6.45) is 5.68. The zero-order valence-corrected chi connectivity index (χ0v) is 12.7. The van der Waals surface area contributed by atoms with Crippen molar-refractivity contribution in [1.29, 1.82) is 0 Å². The molecule has 2 N–H and O–H groups in total. The van der Waals surface area contributed by atoms with Crippen LogP contribution >= 0.6 is 0 Å². The first-order valence-corrected chi connectivity index (χ1v) is 7.20. The summed E-state index contributed by atoms with van der Waals surface area (Å²) in [5.41, 5.74) is 15.9. The van der Waals surface area contributed by atoms with Gasteiger partial charge in [-0.1, -0.05) is 36.3 Å². The van der Waals surface area contributed by atoms with Gasteiger partial charge in [0.2, 0.25) is 11.8 Å². The number of hydrogen-bond donors (Lipinski definition) is 1. The van der Waals surface area contributed by atoms with Crippen LogP contribution in [0.3, 0.4) is 0 Å². The number of amides is 2. The molecule has 0 radical (unpaired) electrons. The van der Waals surface area contributed by atoms with Crippen LogP contribution in [0.2, 0.25) is 0 Å². The summed E-state index contributed by atoms with van der Waals surface area (Å²) >= 11 is 0. The second-order valence-electron chi connectivity index (χ2n) is 5.08. The van der Waals surface area contributed by atoms with E-state index in [1.807, 2.05) is 6.07 Å². The minimum absolute atomic E-state index is 0.135. The van der Waals surface area contributed by atoms with Gasteiger partial charge in [0.1, 0.15) is 6.04 Å². The molecule has 0 fully saturated rings. The Morgan fingerprint density at radius 3 is 2.96 bits per heavy atom. The van der Waals surface area contributed by atoms with Crippen LogP contribution in [-0.2, 0) is 9.59 Å². The molecule has 0 aliphatic carbocycles. The van der Waals surface area contributed by atoms with Crippen LogP contribution in [0, 0.1) is 0 Å².